The van der Waals surface area contributed by atoms with Crippen LogP contribution in [-0.2, 0) is 19.0 Å². The lowest BCUT2D eigenvalue weighted by Crippen LogP contribution is -2.31. The van der Waals surface area contributed by atoms with Gasteiger partial charge in [0.25, 0.3) is 0 Å². The number of rotatable bonds is 15. The predicted molar refractivity (Wildman–Crippen MR) is 155 cm³/mol. The highest BCUT2D eigenvalue weighted by Gasteiger charge is 2.32. The number of ether oxygens (including phenoxy) is 3. The summed E-state index contributed by atoms with van der Waals surface area (Å²) in [7, 11) is 0. The first-order chi connectivity index (χ1) is 19.2. The van der Waals surface area contributed by atoms with Gasteiger partial charge in [-0.1, -0.05) is 90.8 Å². The molecule has 2 aromatic carbocycles. The second kappa shape index (κ2) is 14.7. The Hall–Kier alpha value is -3.81. The van der Waals surface area contributed by atoms with E-state index in [0.29, 0.717) is 12.8 Å². The van der Waals surface area contributed by atoms with Crippen LogP contribution in [0.15, 0.2) is 48.5 Å². The minimum atomic E-state index is -1.10. The van der Waals surface area contributed by atoms with Crippen LogP contribution in [0.1, 0.15) is 116 Å². The van der Waals surface area contributed by atoms with Crippen LogP contribution in [0.2, 0.25) is 0 Å². The molecule has 0 N–H and O–H groups in total. The Morgan fingerprint density at radius 2 is 0.976 bits per heavy atom. The molecule has 0 bridgehead atoms. The molecule has 222 valence electrons. The molecule has 0 aromatic heterocycles. The Morgan fingerprint density at radius 1 is 0.634 bits per heavy atom. The topological polar surface area (TPSA) is 113 Å². The summed E-state index contributed by atoms with van der Waals surface area (Å²) in [5.74, 6) is -2.53. The van der Waals surface area contributed by atoms with E-state index in [2.05, 4.69) is 0 Å². The quantitative estimate of drug-likeness (QED) is 0.134. The van der Waals surface area contributed by atoms with Crippen molar-refractivity contribution < 1.29 is 38.2 Å². The zero-order valence-electron chi connectivity index (χ0n) is 25.2. The monoisotopic (exact) mass is 566 g/mol. The Balaban J connectivity index is 2.17. The van der Waals surface area contributed by atoms with Crippen molar-refractivity contribution in [2.45, 2.75) is 80.3 Å². The molecule has 0 saturated heterocycles. The van der Waals surface area contributed by atoms with Gasteiger partial charge < -0.3 is 14.2 Å². The average Bonchev–Trinajstić information content (AvgIpc) is 2.93. The standard InChI is InChI=1S/C33H42O8/c1-8-18-32(4,5)28(35)24-14-10-12-16-26(24)30(37)39-20-23(41-22(3)34)21-40-31(38)27-17-13-11-15-25(27)29(36)33(6,7)19-9-2/h10-17,23H,8-9,18-21H2,1-7H3. The van der Waals surface area contributed by atoms with Gasteiger partial charge in [0.1, 0.15) is 13.2 Å². The molecule has 2 aromatic rings. The highest BCUT2D eigenvalue weighted by Crippen LogP contribution is 2.30. The van der Waals surface area contributed by atoms with Crippen LogP contribution in [0.5, 0.6) is 0 Å². The number of esters is 3. The van der Waals surface area contributed by atoms with Crippen molar-refractivity contribution in [3.8, 4) is 0 Å². The molecule has 0 unspecified atom stereocenters. The molecule has 0 spiro atoms. The van der Waals surface area contributed by atoms with Crippen molar-refractivity contribution in [1.82, 2.24) is 0 Å². The van der Waals surface area contributed by atoms with E-state index >= 15 is 0 Å². The molecule has 0 atom stereocenters. The number of carbonyl (C=O) groups excluding carboxylic acids is 5. The fraction of sp³-hybridized carbons (Fsp3) is 0.485. The van der Waals surface area contributed by atoms with Crippen LogP contribution in [0.25, 0.3) is 0 Å². The normalized spacial score (nSPS) is 11.6. The first-order valence-electron chi connectivity index (χ1n) is 14.0. The molecule has 0 aliphatic heterocycles. The molecule has 41 heavy (non-hydrogen) atoms. The first kappa shape index (κ1) is 33.4. The molecule has 2 rings (SSSR count). The number of hydrogen-bond acceptors (Lipinski definition) is 8. The number of carbonyl (C=O) groups is 5. The van der Waals surface area contributed by atoms with E-state index in [4.69, 9.17) is 14.2 Å². The highest BCUT2D eigenvalue weighted by molar-refractivity contribution is 6.09. The van der Waals surface area contributed by atoms with Crippen LogP contribution in [0.3, 0.4) is 0 Å². The Labute approximate surface area is 242 Å². The molecule has 0 aliphatic rings. The van der Waals surface area contributed by atoms with Gasteiger partial charge in [0.2, 0.25) is 0 Å². The second-order valence-electron chi connectivity index (χ2n) is 11.4. The SMILES string of the molecule is CCCC(C)(C)C(=O)c1ccccc1C(=O)OCC(COC(=O)c1ccccc1C(=O)C(C)(C)CCC)OC(C)=O. The van der Waals surface area contributed by atoms with E-state index in [0.717, 1.165) is 12.8 Å². The van der Waals surface area contributed by atoms with Crippen molar-refractivity contribution in [1.29, 1.82) is 0 Å². The lowest BCUT2D eigenvalue weighted by Gasteiger charge is -2.24. The van der Waals surface area contributed by atoms with E-state index in [1.165, 1.54) is 19.1 Å². The summed E-state index contributed by atoms with van der Waals surface area (Å²) in [6.07, 6.45) is 1.83. The second-order valence-corrected chi connectivity index (χ2v) is 11.4. The largest absolute Gasteiger partial charge is 0.458 e. The number of ketones is 2. The van der Waals surface area contributed by atoms with Gasteiger partial charge in [-0.15, -0.1) is 0 Å². The van der Waals surface area contributed by atoms with E-state index < -0.39 is 48.1 Å². The zero-order chi connectivity index (χ0) is 30.8. The zero-order valence-corrected chi connectivity index (χ0v) is 25.2. The van der Waals surface area contributed by atoms with Crippen LogP contribution >= 0.6 is 0 Å². The van der Waals surface area contributed by atoms with Gasteiger partial charge in [0.05, 0.1) is 11.1 Å². The van der Waals surface area contributed by atoms with Crippen LogP contribution < -0.4 is 0 Å². The van der Waals surface area contributed by atoms with Crippen molar-refractivity contribution in [2.75, 3.05) is 13.2 Å². The van der Waals surface area contributed by atoms with Gasteiger partial charge >= 0.3 is 17.9 Å². The third kappa shape index (κ3) is 9.10. The molecular weight excluding hydrogens is 524 g/mol. The molecule has 8 nitrogen and oxygen atoms in total. The fourth-order valence-electron chi connectivity index (χ4n) is 4.77. The minimum Gasteiger partial charge on any atom is -0.458 e. The maximum absolute atomic E-state index is 13.2. The Morgan fingerprint density at radius 3 is 1.29 bits per heavy atom. The van der Waals surface area contributed by atoms with Gasteiger partial charge in [-0.05, 0) is 25.0 Å². The summed E-state index contributed by atoms with van der Waals surface area (Å²) in [6.45, 7) is 11.7. The summed E-state index contributed by atoms with van der Waals surface area (Å²) in [4.78, 5) is 64.1. The summed E-state index contributed by atoms with van der Waals surface area (Å²) >= 11 is 0. The average molecular weight is 567 g/mol. The predicted octanol–water partition coefficient (Wildman–Crippen LogP) is 6.65. The maximum atomic E-state index is 13.2. The summed E-state index contributed by atoms with van der Waals surface area (Å²) in [5.41, 5.74) is -0.631. The molecule has 0 heterocycles. The van der Waals surface area contributed by atoms with Gasteiger partial charge in [0.15, 0.2) is 17.7 Å². The smallest absolute Gasteiger partial charge is 0.339 e. The number of benzene rings is 2. The number of Topliss-reactive ketones (excluding diaryl/α,β-unsaturated/α-hetero) is 2. The van der Waals surface area contributed by atoms with Gasteiger partial charge in [-0.3, -0.25) is 14.4 Å². The van der Waals surface area contributed by atoms with Gasteiger partial charge in [0, 0.05) is 28.9 Å². The molecule has 0 radical (unpaired) electrons. The summed E-state index contributed by atoms with van der Waals surface area (Å²) in [5, 5.41) is 0. The third-order valence-electron chi connectivity index (χ3n) is 6.90. The Bertz CT molecular complexity index is 1170. The molecule has 0 saturated carbocycles. The highest BCUT2D eigenvalue weighted by atomic mass is 16.6. The van der Waals surface area contributed by atoms with E-state index in [-0.39, 0.29) is 33.8 Å². The molecule has 8 heteroatoms. The molecular formula is C33H42O8. The first-order valence-corrected chi connectivity index (χ1v) is 14.0. The van der Waals surface area contributed by atoms with Gasteiger partial charge in [-0.25, -0.2) is 9.59 Å². The van der Waals surface area contributed by atoms with Gasteiger partial charge in [-0.2, -0.15) is 0 Å². The molecule has 0 amide bonds. The van der Waals surface area contributed by atoms with E-state index in [1.807, 2.05) is 41.5 Å². The lowest BCUT2D eigenvalue weighted by molar-refractivity contribution is -0.151. The van der Waals surface area contributed by atoms with Crippen LogP contribution in [0.4, 0.5) is 0 Å². The van der Waals surface area contributed by atoms with E-state index in [1.54, 1.807) is 36.4 Å². The number of hydrogen-bond donors (Lipinski definition) is 0. The van der Waals surface area contributed by atoms with Crippen molar-refractivity contribution >= 4 is 29.5 Å². The lowest BCUT2D eigenvalue weighted by atomic mass is 9.79. The maximum Gasteiger partial charge on any atom is 0.339 e. The van der Waals surface area contributed by atoms with Crippen molar-refractivity contribution in [3.05, 3.63) is 70.8 Å². The summed E-state index contributed by atoms with van der Waals surface area (Å²) < 4.78 is 16.0. The van der Waals surface area contributed by atoms with Crippen molar-refractivity contribution in [3.63, 3.8) is 0 Å². The van der Waals surface area contributed by atoms with Crippen molar-refractivity contribution in [2.24, 2.45) is 10.8 Å². The van der Waals surface area contributed by atoms with E-state index in [9.17, 15) is 24.0 Å². The molecule has 0 aliphatic carbocycles. The minimum absolute atomic E-state index is 0.0994. The third-order valence-corrected chi connectivity index (χ3v) is 6.90. The summed E-state index contributed by atoms with van der Waals surface area (Å²) in [6, 6.07) is 12.8. The Kier molecular flexibility index (Phi) is 12.0. The molecule has 0 fully saturated rings. The fourth-order valence-corrected chi connectivity index (χ4v) is 4.77. The van der Waals surface area contributed by atoms with Crippen LogP contribution in [0, 0.1) is 10.8 Å². The van der Waals surface area contributed by atoms with Crippen LogP contribution in [-0.4, -0.2) is 48.8 Å².